The molecule has 236 valence electrons. The Balaban J connectivity index is 1.26. The van der Waals surface area contributed by atoms with Gasteiger partial charge in [0.1, 0.15) is 0 Å². The van der Waals surface area contributed by atoms with Crippen LogP contribution < -0.4 is 0 Å². The Hall–Kier alpha value is -7.02. The van der Waals surface area contributed by atoms with Crippen LogP contribution in [-0.2, 0) is 0 Å². The monoisotopic (exact) mass is 647 g/mol. The quantitative estimate of drug-likeness (QED) is 0.138. The smallest absolute Gasteiger partial charge is 0.188 e. The topological polar surface area (TPSA) is 22.2 Å². The Morgan fingerprint density at radius 3 is 1.80 bits per heavy atom. The van der Waals surface area contributed by atoms with Crippen LogP contribution in [0.5, 0.6) is 0 Å². The van der Waals surface area contributed by atoms with Crippen molar-refractivity contribution in [2.24, 2.45) is 0 Å². The summed E-state index contributed by atoms with van der Waals surface area (Å²) in [6.45, 7) is 7.83. The molecular weight excluding hydrogens is 619 g/mol. The highest BCUT2D eigenvalue weighted by molar-refractivity contribution is 6.24. The summed E-state index contributed by atoms with van der Waals surface area (Å²) in [4.78, 5) is 8.17. The number of rotatable bonds is 4. The van der Waals surface area contributed by atoms with Crippen molar-refractivity contribution in [3.8, 4) is 39.1 Å². The SMILES string of the molecule is [C-]#[N+]c1ccc2c(c1)c1cc(-c3c4ccccc4c(-c4cccc5ccccc45)c4ccccc34)ccc1n2-c1cccc(-c2cccnc2)c1. The van der Waals surface area contributed by atoms with E-state index in [1.165, 1.54) is 49.0 Å². The minimum Gasteiger partial charge on any atom is -0.309 e. The summed E-state index contributed by atoms with van der Waals surface area (Å²) in [5.74, 6) is 0. The summed E-state index contributed by atoms with van der Waals surface area (Å²) < 4.78 is 2.32. The summed E-state index contributed by atoms with van der Waals surface area (Å²) >= 11 is 0. The maximum Gasteiger partial charge on any atom is 0.188 e. The molecule has 10 aromatic rings. The van der Waals surface area contributed by atoms with E-state index >= 15 is 0 Å². The molecule has 0 unspecified atom stereocenters. The van der Waals surface area contributed by atoms with Gasteiger partial charge >= 0.3 is 0 Å². The predicted octanol–water partition coefficient (Wildman–Crippen LogP) is 13.2. The first-order valence-electron chi connectivity index (χ1n) is 17.2. The van der Waals surface area contributed by atoms with E-state index in [9.17, 15) is 0 Å². The standard InChI is InChI=1S/C48H29N3/c1-49-35-23-25-46-44(29-35)43-28-33(22-24-45(43)51(46)36-15-8-13-32(27-36)34-14-10-26-50-30-34)47-39-17-4-6-19-41(39)48(42-20-7-5-18-40(42)47)38-21-9-12-31-11-2-3-16-37(31)38/h2-30H. The lowest BCUT2D eigenvalue weighted by molar-refractivity contribution is 1.18. The number of aromatic nitrogens is 2. The molecule has 8 aromatic carbocycles. The van der Waals surface area contributed by atoms with Gasteiger partial charge in [-0.25, -0.2) is 4.85 Å². The molecule has 51 heavy (non-hydrogen) atoms. The van der Waals surface area contributed by atoms with Crippen LogP contribution in [0.4, 0.5) is 5.69 Å². The minimum atomic E-state index is 0.631. The second-order valence-corrected chi connectivity index (χ2v) is 13.0. The molecule has 0 bridgehead atoms. The Kier molecular flexibility index (Phi) is 6.56. The maximum absolute atomic E-state index is 7.83. The second-order valence-electron chi connectivity index (χ2n) is 13.0. The zero-order valence-corrected chi connectivity index (χ0v) is 27.6. The first-order chi connectivity index (χ1) is 25.3. The lowest BCUT2D eigenvalue weighted by Gasteiger charge is -2.19. The van der Waals surface area contributed by atoms with E-state index in [2.05, 4.69) is 160 Å². The Morgan fingerprint density at radius 1 is 0.451 bits per heavy atom. The Morgan fingerprint density at radius 2 is 1.08 bits per heavy atom. The van der Waals surface area contributed by atoms with Crippen molar-refractivity contribution in [3.63, 3.8) is 0 Å². The van der Waals surface area contributed by atoms with Crippen molar-refractivity contribution in [1.82, 2.24) is 9.55 Å². The van der Waals surface area contributed by atoms with E-state index in [0.717, 1.165) is 44.2 Å². The molecule has 0 atom stereocenters. The van der Waals surface area contributed by atoms with Gasteiger partial charge < -0.3 is 4.57 Å². The molecule has 0 aliphatic carbocycles. The Labute approximate surface area is 295 Å². The molecule has 10 rings (SSSR count). The van der Waals surface area contributed by atoms with Crippen molar-refractivity contribution < 1.29 is 0 Å². The van der Waals surface area contributed by atoms with Gasteiger partial charge in [0, 0.05) is 29.0 Å². The first-order valence-corrected chi connectivity index (χ1v) is 17.2. The van der Waals surface area contributed by atoms with E-state index < -0.39 is 0 Å². The predicted molar refractivity (Wildman–Crippen MR) is 214 cm³/mol. The molecule has 0 radical (unpaired) electrons. The molecule has 3 nitrogen and oxygen atoms in total. The van der Waals surface area contributed by atoms with E-state index in [1.807, 2.05) is 24.4 Å². The highest BCUT2D eigenvalue weighted by Crippen LogP contribution is 2.46. The van der Waals surface area contributed by atoms with Gasteiger partial charge in [0.15, 0.2) is 5.69 Å². The van der Waals surface area contributed by atoms with Crippen molar-refractivity contribution in [2.75, 3.05) is 0 Å². The molecule has 0 amide bonds. The third-order valence-electron chi connectivity index (χ3n) is 10.3. The van der Waals surface area contributed by atoms with Crippen LogP contribution in [0.2, 0.25) is 0 Å². The average Bonchev–Trinajstić information content (AvgIpc) is 3.53. The van der Waals surface area contributed by atoms with Gasteiger partial charge in [-0.2, -0.15) is 0 Å². The van der Waals surface area contributed by atoms with Crippen LogP contribution in [0.3, 0.4) is 0 Å². The average molecular weight is 648 g/mol. The van der Waals surface area contributed by atoms with E-state index in [1.54, 1.807) is 6.20 Å². The molecule has 0 saturated heterocycles. The van der Waals surface area contributed by atoms with Crippen LogP contribution in [0, 0.1) is 6.57 Å². The Bertz CT molecular complexity index is 2970. The van der Waals surface area contributed by atoms with Gasteiger partial charge in [-0.05, 0) is 108 Å². The third-order valence-corrected chi connectivity index (χ3v) is 10.3. The van der Waals surface area contributed by atoms with E-state index in [-0.39, 0.29) is 0 Å². The zero-order valence-electron chi connectivity index (χ0n) is 27.6. The third kappa shape index (κ3) is 4.55. The normalized spacial score (nSPS) is 11.5. The molecule has 2 aromatic heterocycles. The fourth-order valence-corrected chi connectivity index (χ4v) is 8.05. The number of pyridine rings is 1. The van der Waals surface area contributed by atoms with Gasteiger partial charge in [0.25, 0.3) is 0 Å². The number of nitrogens with zero attached hydrogens (tertiary/aromatic N) is 3. The van der Waals surface area contributed by atoms with Gasteiger partial charge in [-0.1, -0.05) is 121 Å². The molecule has 0 aliphatic heterocycles. The van der Waals surface area contributed by atoms with E-state index in [0.29, 0.717) is 5.69 Å². The number of fused-ring (bicyclic) bond motifs is 6. The maximum atomic E-state index is 7.83. The number of hydrogen-bond donors (Lipinski definition) is 0. The molecule has 3 heteroatoms. The minimum absolute atomic E-state index is 0.631. The van der Waals surface area contributed by atoms with Crippen molar-refractivity contribution in [3.05, 3.63) is 188 Å². The van der Waals surface area contributed by atoms with Gasteiger partial charge in [0.05, 0.1) is 17.6 Å². The fourth-order valence-electron chi connectivity index (χ4n) is 8.05. The lowest BCUT2D eigenvalue weighted by Crippen LogP contribution is -1.94. The van der Waals surface area contributed by atoms with Gasteiger partial charge in [-0.3, -0.25) is 4.98 Å². The lowest BCUT2D eigenvalue weighted by atomic mass is 9.84. The van der Waals surface area contributed by atoms with Crippen LogP contribution in [0.1, 0.15) is 0 Å². The van der Waals surface area contributed by atoms with Crippen molar-refractivity contribution in [2.45, 2.75) is 0 Å². The van der Waals surface area contributed by atoms with Crippen LogP contribution in [0.25, 0.3) is 98.0 Å². The zero-order chi connectivity index (χ0) is 33.9. The van der Waals surface area contributed by atoms with Crippen molar-refractivity contribution in [1.29, 1.82) is 0 Å². The summed E-state index contributed by atoms with van der Waals surface area (Å²) in [6.07, 6.45) is 3.70. The molecule has 0 spiro atoms. The van der Waals surface area contributed by atoms with Crippen LogP contribution >= 0.6 is 0 Å². The van der Waals surface area contributed by atoms with E-state index in [4.69, 9.17) is 6.57 Å². The fraction of sp³-hybridized carbons (Fsp3) is 0. The van der Waals surface area contributed by atoms with Crippen LogP contribution in [-0.4, -0.2) is 9.55 Å². The highest BCUT2D eigenvalue weighted by atomic mass is 15.0. The van der Waals surface area contributed by atoms with Gasteiger partial charge in [-0.15, -0.1) is 0 Å². The molecule has 0 aliphatic rings. The largest absolute Gasteiger partial charge is 0.309 e. The summed E-state index contributed by atoms with van der Waals surface area (Å²) in [7, 11) is 0. The highest BCUT2D eigenvalue weighted by Gasteiger charge is 2.20. The summed E-state index contributed by atoms with van der Waals surface area (Å²) in [6, 6.07) is 58.5. The molecule has 2 heterocycles. The number of hydrogen-bond acceptors (Lipinski definition) is 1. The molecule has 0 N–H and O–H groups in total. The summed E-state index contributed by atoms with van der Waals surface area (Å²) in [5, 5.41) is 9.56. The van der Waals surface area contributed by atoms with Crippen LogP contribution in [0.15, 0.2) is 176 Å². The number of benzene rings is 8. The second kappa shape index (κ2) is 11.6. The molecular formula is C48H29N3. The van der Waals surface area contributed by atoms with Crippen molar-refractivity contribution >= 4 is 59.8 Å². The molecule has 0 saturated carbocycles. The first kappa shape index (κ1) is 28.9. The molecule has 0 fully saturated rings. The summed E-state index contributed by atoms with van der Waals surface area (Å²) in [5.41, 5.74) is 10.9. The van der Waals surface area contributed by atoms with Gasteiger partial charge in [0.2, 0.25) is 0 Å².